The summed E-state index contributed by atoms with van der Waals surface area (Å²) in [5.74, 6) is 1.61. The number of carbonyl (C=O) groups excluding carboxylic acids is 1. The molecule has 0 spiro atoms. The third kappa shape index (κ3) is 4.33. The number of ketones is 1. The summed E-state index contributed by atoms with van der Waals surface area (Å²) in [6.07, 6.45) is 8.37. The lowest BCUT2D eigenvalue weighted by atomic mass is 9.77. The summed E-state index contributed by atoms with van der Waals surface area (Å²) in [4.78, 5) is 11.7. The minimum Gasteiger partial charge on any atom is -0.396 e. The van der Waals surface area contributed by atoms with E-state index < -0.39 is 0 Å². The molecule has 0 radical (unpaired) electrons. The Kier molecular flexibility index (Phi) is 5.92. The smallest absolute Gasteiger partial charge is 0.135 e. The normalized spacial score (nSPS) is 26.9. The van der Waals surface area contributed by atoms with Crippen molar-refractivity contribution in [2.45, 2.75) is 58.3 Å². The van der Waals surface area contributed by atoms with Crippen molar-refractivity contribution < 1.29 is 9.90 Å². The van der Waals surface area contributed by atoms with Crippen LogP contribution in [0.5, 0.6) is 0 Å². The van der Waals surface area contributed by atoms with Crippen LogP contribution in [0.15, 0.2) is 0 Å². The van der Waals surface area contributed by atoms with Crippen molar-refractivity contribution in [3.05, 3.63) is 0 Å². The van der Waals surface area contributed by atoms with Crippen molar-refractivity contribution in [3.63, 3.8) is 0 Å². The van der Waals surface area contributed by atoms with Gasteiger partial charge < -0.3 is 5.11 Å². The minimum atomic E-state index is 0.288. The van der Waals surface area contributed by atoms with E-state index in [2.05, 4.69) is 6.92 Å². The van der Waals surface area contributed by atoms with E-state index in [-0.39, 0.29) is 6.61 Å². The number of Topliss-reactive ketones (excluding diaryl/α,β-unsaturated/α-hetero) is 1. The van der Waals surface area contributed by atoms with Crippen LogP contribution in [0.3, 0.4) is 0 Å². The zero-order valence-electron chi connectivity index (χ0n) is 9.87. The fraction of sp³-hybridized carbons (Fsp3) is 0.923. The summed E-state index contributed by atoms with van der Waals surface area (Å²) in [6, 6.07) is 0. The number of rotatable bonds is 6. The third-order valence-corrected chi connectivity index (χ3v) is 3.66. The molecule has 15 heavy (non-hydrogen) atoms. The van der Waals surface area contributed by atoms with E-state index in [0.29, 0.717) is 11.7 Å². The van der Waals surface area contributed by atoms with E-state index in [4.69, 9.17) is 5.11 Å². The van der Waals surface area contributed by atoms with Crippen LogP contribution in [0.25, 0.3) is 0 Å². The Morgan fingerprint density at radius 3 is 2.80 bits per heavy atom. The molecule has 1 aliphatic rings. The van der Waals surface area contributed by atoms with Crippen molar-refractivity contribution in [2.24, 2.45) is 11.8 Å². The second-order valence-corrected chi connectivity index (χ2v) is 4.78. The van der Waals surface area contributed by atoms with Gasteiger partial charge in [-0.3, -0.25) is 4.79 Å². The molecule has 1 N–H and O–H groups in total. The molecule has 0 aromatic rings. The molecule has 2 unspecified atom stereocenters. The number of aliphatic hydroxyl groups excluding tert-OH is 1. The maximum atomic E-state index is 11.7. The van der Waals surface area contributed by atoms with Gasteiger partial charge in [0, 0.05) is 18.9 Å². The van der Waals surface area contributed by atoms with Gasteiger partial charge in [-0.15, -0.1) is 0 Å². The average molecular weight is 212 g/mol. The Labute approximate surface area is 93.1 Å². The van der Waals surface area contributed by atoms with Crippen LogP contribution < -0.4 is 0 Å². The zero-order chi connectivity index (χ0) is 11.1. The molecular formula is C13H24O2. The Bertz CT molecular complexity index is 189. The molecular weight excluding hydrogens is 188 g/mol. The molecule has 0 amide bonds. The van der Waals surface area contributed by atoms with Gasteiger partial charge in [-0.1, -0.05) is 26.2 Å². The van der Waals surface area contributed by atoms with Gasteiger partial charge in [0.1, 0.15) is 5.78 Å². The first kappa shape index (κ1) is 12.7. The Balaban J connectivity index is 2.22. The number of hydrogen-bond acceptors (Lipinski definition) is 2. The summed E-state index contributed by atoms with van der Waals surface area (Å²) >= 11 is 0. The van der Waals surface area contributed by atoms with Crippen LogP contribution >= 0.6 is 0 Å². The number of hydrogen-bond donors (Lipinski definition) is 1. The molecule has 2 heteroatoms. The Morgan fingerprint density at radius 1 is 1.33 bits per heavy atom. The summed E-state index contributed by atoms with van der Waals surface area (Å²) in [6.45, 7) is 2.51. The molecule has 1 aliphatic carbocycles. The minimum absolute atomic E-state index is 0.288. The Morgan fingerprint density at radius 2 is 2.13 bits per heavy atom. The van der Waals surface area contributed by atoms with Crippen molar-refractivity contribution in [3.8, 4) is 0 Å². The second kappa shape index (κ2) is 7.00. The van der Waals surface area contributed by atoms with Gasteiger partial charge >= 0.3 is 0 Å². The largest absolute Gasteiger partial charge is 0.396 e. The molecule has 0 bridgehead atoms. The lowest BCUT2D eigenvalue weighted by molar-refractivity contribution is -0.125. The van der Waals surface area contributed by atoms with E-state index in [1.807, 2.05) is 0 Å². The second-order valence-electron chi connectivity index (χ2n) is 4.78. The molecule has 1 fully saturated rings. The summed E-state index contributed by atoms with van der Waals surface area (Å²) in [5.41, 5.74) is 0. The topological polar surface area (TPSA) is 37.3 Å². The third-order valence-electron chi connectivity index (χ3n) is 3.66. The standard InChI is InChI=1S/C13H24O2/c1-2-11-7-8-13(15)12(10-11)6-4-3-5-9-14/h11-12,14H,2-10H2,1H3. The van der Waals surface area contributed by atoms with E-state index in [9.17, 15) is 4.79 Å². The molecule has 88 valence electrons. The molecule has 0 aliphatic heterocycles. The quantitative estimate of drug-likeness (QED) is 0.687. The van der Waals surface area contributed by atoms with Gasteiger partial charge in [-0.05, 0) is 31.6 Å². The molecule has 2 nitrogen and oxygen atoms in total. The van der Waals surface area contributed by atoms with Crippen molar-refractivity contribution >= 4 is 5.78 Å². The van der Waals surface area contributed by atoms with Crippen molar-refractivity contribution in [2.75, 3.05) is 6.61 Å². The molecule has 1 saturated carbocycles. The lowest BCUT2D eigenvalue weighted by Crippen LogP contribution is -2.24. The van der Waals surface area contributed by atoms with Crippen LogP contribution in [0, 0.1) is 11.8 Å². The highest BCUT2D eigenvalue weighted by molar-refractivity contribution is 5.81. The van der Waals surface area contributed by atoms with Gasteiger partial charge in [0.15, 0.2) is 0 Å². The maximum absolute atomic E-state index is 11.7. The lowest BCUT2D eigenvalue weighted by Gasteiger charge is -2.27. The predicted molar refractivity (Wildman–Crippen MR) is 61.7 cm³/mol. The van der Waals surface area contributed by atoms with Crippen LogP contribution in [0.4, 0.5) is 0 Å². The average Bonchev–Trinajstić information content (AvgIpc) is 2.26. The first-order valence-corrected chi connectivity index (χ1v) is 6.41. The van der Waals surface area contributed by atoms with Crippen molar-refractivity contribution in [1.82, 2.24) is 0 Å². The summed E-state index contributed by atoms with van der Waals surface area (Å²) in [5, 5.41) is 8.67. The molecule has 1 rings (SSSR count). The first-order valence-electron chi connectivity index (χ1n) is 6.41. The number of carbonyl (C=O) groups is 1. The maximum Gasteiger partial charge on any atom is 0.135 e. The first-order chi connectivity index (χ1) is 7.27. The highest BCUT2D eigenvalue weighted by Crippen LogP contribution is 2.31. The van der Waals surface area contributed by atoms with E-state index in [1.165, 1.54) is 6.42 Å². The molecule has 0 aromatic carbocycles. The van der Waals surface area contributed by atoms with E-state index >= 15 is 0 Å². The van der Waals surface area contributed by atoms with Crippen molar-refractivity contribution in [1.29, 1.82) is 0 Å². The van der Waals surface area contributed by atoms with Gasteiger partial charge in [0.2, 0.25) is 0 Å². The highest BCUT2D eigenvalue weighted by Gasteiger charge is 2.26. The highest BCUT2D eigenvalue weighted by atomic mass is 16.2. The fourth-order valence-corrected chi connectivity index (χ4v) is 2.53. The van der Waals surface area contributed by atoms with Gasteiger partial charge in [-0.2, -0.15) is 0 Å². The Hall–Kier alpha value is -0.370. The summed E-state index contributed by atoms with van der Waals surface area (Å²) in [7, 11) is 0. The van der Waals surface area contributed by atoms with Gasteiger partial charge in [0.25, 0.3) is 0 Å². The molecule has 0 saturated heterocycles. The molecule has 0 heterocycles. The van der Waals surface area contributed by atoms with Gasteiger partial charge in [0.05, 0.1) is 0 Å². The molecule has 0 aromatic heterocycles. The van der Waals surface area contributed by atoms with Crippen LogP contribution in [0.2, 0.25) is 0 Å². The van der Waals surface area contributed by atoms with E-state index in [0.717, 1.165) is 50.9 Å². The van der Waals surface area contributed by atoms with E-state index in [1.54, 1.807) is 0 Å². The fourth-order valence-electron chi connectivity index (χ4n) is 2.53. The summed E-state index contributed by atoms with van der Waals surface area (Å²) < 4.78 is 0. The van der Waals surface area contributed by atoms with Crippen LogP contribution in [-0.2, 0) is 4.79 Å². The number of aliphatic hydroxyl groups is 1. The predicted octanol–water partition coefficient (Wildman–Crippen LogP) is 2.93. The van der Waals surface area contributed by atoms with Crippen LogP contribution in [0.1, 0.15) is 58.3 Å². The monoisotopic (exact) mass is 212 g/mol. The SMILES string of the molecule is CCC1CCC(=O)C(CCCCCO)C1. The molecule has 2 atom stereocenters. The van der Waals surface area contributed by atoms with Gasteiger partial charge in [-0.25, -0.2) is 0 Å². The number of unbranched alkanes of at least 4 members (excludes halogenated alkanes) is 2. The zero-order valence-corrected chi connectivity index (χ0v) is 9.87. The van der Waals surface area contributed by atoms with Crippen LogP contribution in [-0.4, -0.2) is 17.5 Å².